The lowest BCUT2D eigenvalue weighted by Crippen LogP contribution is -2.41. The van der Waals surface area contributed by atoms with E-state index in [4.69, 9.17) is 5.73 Å². The molecule has 0 spiro atoms. The standard InChI is InChI=1S/C26H37N5OS/c1-2-16-31(22-8-9-23-24(18-22)33-26(27)30-23)17-13-19-3-6-21(7-4-19)29-25(32)10-5-20-11-14-28-15-12-20/h5,10-12,14-15,19,21-22H,2-4,6-9,13,16-18H2,1H3,(H2,27,30)(H,29,32)/b10-5+/t19?,21?,22-/m0/s1. The maximum atomic E-state index is 12.3. The first-order valence-corrected chi connectivity index (χ1v) is 13.3. The number of rotatable bonds is 9. The molecule has 0 unspecified atom stereocenters. The average Bonchev–Trinajstić information content (AvgIpc) is 3.21. The third-order valence-corrected chi connectivity index (χ3v) is 8.06. The highest BCUT2D eigenvalue weighted by Crippen LogP contribution is 2.32. The monoisotopic (exact) mass is 467 g/mol. The maximum absolute atomic E-state index is 12.3. The summed E-state index contributed by atoms with van der Waals surface area (Å²) in [6.07, 6.45) is 17.4. The van der Waals surface area contributed by atoms with E-state index in [1.54, 1.807) is 29.8 Å². The van der Waals surface area contributed by atoms with E-state index in [1.165, 1.54) is 55.8 Å². The first-order chi connectivity index (χ1) is 16.1. The summed E-state index contributed by atoms with van der Waals surface area (Å²) < 4.78 is 0. The molecular weight excluding hydrogens is 430 g/mol. The molecule has 2 aromatic rings. The molecule has 1 atom stereocenters. The van der Waals surface area contributed by atoms with Gasteiger partial charge < -0.3 is 16.0 Å². The molecule has 33 heavy (non-hydrogen) atoms. The highest BCUT2D eigenvalue weighted by molar-refractivity contribution is 7.15. The van der Waals surface area contributed by atoms with Crippen LogP contribution in [0.3, 0.4) is 0 Å². The maximum Gasteiger partial charge on any atom is 0.244 e. The van der Waals surface area contributed by atoms with Crippen molar-refractivity contribution in [2.75, 3.05) is 18.8 Å². The van der Waals surface area contributed by atoms with Gasteiger partial charge in [0.2, 0.25) is 5.91 Å². The molecule has 7 heteroatoms. The molecular formula is C26H37N5OS. The van der Waals surface area contributed by atoms with Gasteiger partial charge in [-0.3, -0.25) is 9.78 Å². The van der Waals surface area contributed by atoms with Gasteiger partial charge >= 0.3 is 0 Å². The summed E-state index contributed by atoms with van der Waals surface area (Å²) in [5.41, 5.74) is 8.17. The van der Waals surface area contributed by atoms with Crippen LogP contribution in [0.15, 0.2) is 30.6 Å². The van der Waals surface area contributed by atoms with Crippen molar-refractivity contribution in [3.63, 3.8) is 0 Å². The molecule has 2 aliphatic rings. The van der Waals surface area contributed by atoms with Crippen LogP contribution < -0.4 is 11.1 Å². The zero-order valence-corrected chi connectivity index (χ0v) is 20.5. The highest BCUT2D eigenvalue weighted by Gasteiger charge is 2.28. The number of thiazole rings is 1. The molecule has 2 aromatic heterocycles. The minimum absolute atomic E-state index is 0.00440. The van der Waals surface area contributed by atoms with Gasteiger partial charge in [-0.05, 0) is 101 Å². The number of carbonyl (C=O) groups excluding carboxylic acids is 1. The first-order valence-electron chi connectivity index (χ1n) is 12.5. The number of pyridine rings is 1. The fourth-order valence-electron chi connectivity index (χ4n) is 5.29. The lowest BCUT2D eigenvalue weighted by molar-refractivity contribution is -0.117. The fraction of sp³-hybridized carbons (Fsp3) is 0.577. The van der Waals surface area contributed by atoms with Gasteiger partial charge in [0, 0.05) is 35.4 Å². The van der Waals surface area contributed by atoms with Crippen LogP contribution in [-0.2, 0) is 17.6 Å². The molecule has 1 amide bonds. The molecule has 3 N–H and O–H groups in total. The van der Waals surface area contributed by atoms with Crippen LogP contribution in [0.4, 0.5) is 5.13 Å². The van der Waals surface area contributed by atoms with Crippen LogP contribution in [0.2, 0.25) is 0 Å². The molecule has 2 heterocycles. The second-order valence-electron chi connectivity index (χ2n) is 9.48. The number of fused-ring (bicyclic) bond motifs is 1. The van der Waals surface area contributed by atoms with E-state index < -0.39 is 0 Å². The van der Waals surface area contributed by atoms with E-state index in [1.807, 2.05) is 18.2 Å². The quantitative estimate of drug-likeness (QED) is 0.532. The van der Waals surface area contributed by atoms with Crippen LogP contribution in [0, 0.1) is 5.92 Å². The number of aromatic nitrogens is 2. The molecule has 0 aliphatic heterocycles. The van der Waals surface area contributed by atoms with Gasteiger partial charge in [-0.1, -0.05) is 6.92 Å². The number of anilines is 1. The molecule has 0 saturated heterocycles. The SMILES string of the molecule is CCCN(CCC1CCC(NC(=O)/C=C/c2ccncc2)CC1)[C@H]1CCc2nc(N)sc2C1. The van der Waals surface area contributed by atoms with Gasteiger partial charge in [-0.2, -0.15) is 0 Å². The molecule has 4 rings (SSSR count). The zero-order chi connectivity index (χ0) is 23.0. The van der Waals surface area contributed by atoms with Crippen molar-refractivity contribution in [2.24, 2.45) is 5.92 Å². The molecule has 2 aliphatic carbocycles. The lowest BCUT2D eigenvalue weighted by atomic mass is 9.83. The Morgan fingerprint density at radius 2 is 2.00 bits per heavy atom. The Hall–Kier alpha value is -2.25. The van der Waals surface area contributed by atoms with Crippen LogP contribution >= 0.6 is 11.3 Å². The number of nitrogens with zero attached hydrogens (tertiary/aromatic N) is 3. The Morgan fingerprint density at radius 3 is 2.76 bits per heavy atom. The summed E-state index contributed by atoms with van der Waals surface area (Å²) in [6, 6.07) is 4.72. The van der Waals surface area contributed by atoms with Crippen LogP contribution in [0.5, 0.6) is 0 Å². The number of hydrogen-bond donors (Lipinski definition) is 2. The zero-order valence-electron chi connectivity index (χ0n) is 19.7. The fourth-order valence-corrected chi connectivity index (χ4v) is 6.24. The molecule has 178 valence electrons. The van der Waals surface area contributed by atoms with Crippen molar-refractivity contribution < 1.29 is 4.79 Å². The second kappa shape index (κ2) is 11.7. The Morgan fingerprint density at radius 1 is 1.21 bits per heavy atom. The van der Waals surface area contributed by atoms with Crippen molar-refractivity contribution in [3.8, 4) is 0 Å². The van der Waals surface area contributed by atoms with Gasteiger partial charge in [0.05, 0.1) is 5.69 Å². The largest absolute Gasteiger partial charge is 0.375 e. The van der Waals surface area contributed by atoms with Crippen molar-refractivity contribution in [1.29, 1.82) is 0 Å². The summed E-state index contributed by atoms with van der Waals surface area (Å²) in [6.45, 7) is 4.63. The first kappa shape index (κ1) is 23.9. The Kier molecular flexibility index (Phi) is 8.51. The summed E-state index contributed by atoms with van der Waals surface area (Å²) in [5.74, 6) is 0.771. The van der Waals surface area contributed by atoms with Gasteiger partial charge in [-0.25, -0.2) is 4.98 Å². The molecule has 6 nitrogen and oxygen atoms in total. The number of nitrogens with two attached hydrogens (primary N) is 1. The molecule has 1 saturated carbocycles. The van der Waals surface area contributed by atoms with E-state index in [0.717, 1.165) is 42.3 Å². The normalized spacial score (nSPS) is 23.0. The van der Waals surface area contributed by atoms with E-state index in [0.29, 0.717) is 12.1 Å². The Balaban J connectivity index is 1.19. The number of hydrogen-bond acceptors (Lipinski definition) is 6. The minimum Gasteiger partial charge on any atom is -0.375 e. The van der Waals surface area contributed by atoms with Crippen LogP contribution in [0.1, 0.15) is 68.0 Å². The van der Waals surface area contributed by atoms with Crippen molar-refractivity contribution in [1.82, 2.24) is 20.2 Å². The van der Waals surface area contributed by atoms with Gasteiger partial charge in [0.25, 0.3) is 0 Å². The van der Waals surface area contributed by atoms with Crippen molar-refractivity contribution in [2.45, 2.75) is 76.8 Å². The van der Waals surface area contributed by atoms with Crippen molar-refractivity contribution >= 4 is 28.5 Å². The van der Waals surface area contributed by atoms with E-state index in [-0.39, 0.29) is 5.91 Å². The van der Waals surface area contributed by atoms with E-state index in [9.17, 15) is 4.79 Å². The number of nitrogens with one attached hydrogen (secondary N) is 1. The second-order valence-corrected chi connectivity index (χ2v) is 10.6. The predicted molar refractivity (Wildman–Crippen MR) is 136 cm³/mol. The molecule has 1 fully saturated rings. The van der Waals surface area contributed by atoms with Crippen LogP contribution in [-0.4, -0.2) is 45.9 Å². The van der Waals surface area contributed by atoms with E-state index in [2.05, 4.69) is 27.1 Å². The number of carbonyl (C=O) groups is 1. The Labute approximate surface area is 201 Å². The summed E-state index contributed by atoms with van der Waals surface area (Å²) >= 11 is 1.68. The van der Waals surface area contributed by atoms with Gasteiger partial charge in [0.1, 0.15) is 0 Å². The number of nitrogen functional groups attached to an aromatic ring is 1. The highest BCUT2D eigenvalue weighted by atomic mass is 32.1. The summed E-state index contributed by atoms with van der Waals surface area (Å²) in [5, 5.41) is 3.91. The molecule has 0 bridgehead atoms. The smallest absolute Gasteiger partial charge is 0.244 e. The molecule has 0 aromatic carbocycles. The van der Waals surface area contributed by atoms with Gasteiger partial charge in [0.15, 0.2) is 5.13 Å². The summed E-state index contributed by atoms with van der Waals surface area (Å²) in [7, 11) is 0. The Bertz CT molecular complexity index is 920. The summed E-state index contributed by atoms with van der Waals surface area (Å²) in [4.78, 5) is 24.9. The van der Waals surface area contributed by atoms with Crippen LogP contribution in [0.25, 0.3) is 6.08 Å². The van der Waals surface area contributed by atoms with E-state index >= 15 is 0 Å². The average molecular weight is 468 g/mol. The van der Waals surface area contributed by atoms with Gasteiger partial charge in [-0.15, -0.1) is 11.3 Å². The third-order valence-electron chi connectivity index (χ3n) is 7.11. The lowest BCUT2D eigenvalue weighted by Gasteiger charge is -2.36. The van der Waals surface area contributed by atoms with Crippen molar-refractivity contribution in [3.05, 3.63) is 46.7 Å². The number of amides is 1. The third kappa shape index (κ3) is 6.87. The minimum atomic E-state index is 0.00440. The number of aryl methyl sites for hydroxylation is 1. The molecule has 0 radical (unpaired) electrons. The predicted octanol–water partition coefficient (Wildman–Crippen LogP) is 4.47. The topological polar surface area (TPSA) is 84.1 Å².